The van der Waals surface area contributed by atoms with Crippen LogP contribution in [0.2, 0.25) is 0 Å². The van der Waals surface area contributed by atoms with Crippen LogP contribution in [0.15, 0.2) is 41.1 Å². The van der Waals surface area contributed by atoms with Gasteiger partial charge in [-0.1, -0.05) is 17.8 Å². The summed E-state index contributed by atoms with van der Waals surface area (Å²) < 4.78 is 1.95. The van der Waals surface area contributed by atoms with Crippen LogP contribution in [-0.4, -0.2) is 37.9 Å². The molecule has 5 nitrogen and oxygen atoms in total. The summed E-state index contributed by atoms with van der Waals surface area (Å²) in [7, 11) is 0. The van der Waals surface area contributed by atoms with E-state index in [4.69, 9.17) is 0 Å². The second-order valence-corrected chi connectivity index (χ2v) is 8.80. The summed E-state index contributed by atoms with van der Waals surface area (Å²) >= 11 is 3.24. The smallest absolute Gasteiger partial charge is 0.233 e. The predicted octanol–water partition coefficient (Wildman–Crippen LogP) is 4.18. The van der Waals surface area contributed by atoms with Gasteiger partial charge in [-0.3, -0.25) is 9.36 Å². The van der Waals surface area contributed by atoms with Crippen LogP contribution < -0.4 is 0 Å². The maximum absolute atomic E-state index is 12.8. The SMILES string of the molecule is Cc1ccc(-n2cnnc2SCC(=O)N2CCc3sccc3C2C)cc1C. The summed E-state index contributed by atoms with van der Waals surface area (Å²) in [5.74, 6) is 0.520. The van der Waals surface area contributed by atoms with Crippen molar-refractivity contribution in [1.82, 2.24) is 19.7 Å². The van der Waals surface area contributed by atoms with Crippen molar-refractivity contribution in [2.45, 2.75) is 38.4 Å². The zero-order valence-corrected chi connectivity index (χ0v) is 17.3. The van der Waals surface area contributed by atoms with E-state index in [1.807, 2.05) is 9.47 Å². The summed E-state index contributed by atoms with van der Waals surface area (Å²) in [6.07, 6.45) is 2.66. The van der Waals surface area contributed by atoms with Crippen molar-refractivity contribution in [1.29, 1.82) is 0 Å². The molecule has 0 N–H and O–H groups in total. The number of amides is 1. The van der Waals surface area contributed by atoms with Crippen molar-refractivity contribution in [2.24, 2.45) is 0 Å². The summed E-state index contributed by atoms with van der Waals surface area (Å²) in [6, 6.07) is 8.56. The van der Waals surface area contributed by atoms with Gasteiger partial charge in [-0.25, -0.2) is 0 Å². The topological polar surface area (TPSA) is 51.0 Å². The minimum Gasteiger partial charge on any atom is -0.335 e. The zero-order chi connectivity index (χ0) is 19.0. The Morgan fingerprint density at radius 1 is 1.30 bits per heavy atom. The Morgan fingerprint density at radius 3 is 2.96 bits per heavy atom. The number of hydrogen-bond acceptors (Lipinski definition) is 5. The molecule has 7 heteroatoms. The Balaban J connectivity index is 1.46. The van der Waals surface area contributed by atoms with E-state index in [1.54, 1.807) is 17.7 Å². The number of hydrogen-bond donors (Lipinski definition) is 0. The first-order valence-corrected chi connectivity index (χ1v) is 10.9. The van der Waals surface area contributed by atoms with E-state index in [2.05, 4.69) is 60.6 Å². The van der Waals surface area contributed by atoms with Gasteiger partial charge < -0.3 is 4.90 Å². The number of carbonyl (C=O) groups is 1. The highest BCUT2D eigenvalue weighted by molar-refractivity contribution is 7.99. The number of nitrogens with zero attached hydrogens (tertiary/aromatic N) is 4. The number of benzene rings is 1. The molecule has 0 bridgehead atoms. The Labute approximate surface area is 167 Å². The van der Waals surface area contributed by atoms with Crippen molar-refractivity contribution in [3.05, 3.63) is 57.5 Å². The standard InChI is InChI=1S/C20H22N4OS2/c1-13-4-5-16(10-14(13)2)24-12-21-22-20(24)27-11-19(25)23-8-6-18-17(15(23)3)7-9-26-18/h4-5,7,9-10,12,15H,6,8,11H2,1-3H3. The molecule has 1 aliphatic heterocycles. The molecular weight excluding hydrogens is 376 g/mol. The van der Waals surface area contributed by atoms with Gasteiger partial charge in [-0.05, 0) is 67.5 Å². The fourth-order valence-corrected chi connectivity index (χ4v) is 5.21. The highest BCUT2D eigenvalue weighted by Crippen LogP contribution is 2.33. The van der Waals surface area contributed by atoms with E-state index in [0.717, 1.165) is 23.8 Å². The molecule has 0 saturated carbocycles. The number of aromatic nitrogens is 3. The van der Waals surface area contributed by atoms with E-state index < -0.39 is 0 Å². The number of thioether (sulfide) groups is 1. The van der Waals surface area contributed by atoms with Crippen LogP contribution in [0.4, 0.5) is 0 Å². The van der Waals surface area contributed by atoms with Crippen LogP contribution in [0.3, 0.4) is 0 Å². The molecule has 3 aromatic rings. The molecule has 1 amide bonds. The largest absolute Gasteiger partial charge is 0.335 e. The van der Waals surface area contributed by atoms with Crippen LogP contribution in [0.25, 0.3) is 5.69 Å². The van der Waals surface area contributed by atoms with Gasteiger partial charge in [0, 0.05) is 17.1 Å². The van der Waals surface area contributed by atoms with E-state index in [1.165, 1.54) is 33.3 Å². The first-order valence-electron chi connectivity index (χ1n) is 9.01. The average molecular weight is 399 g/mol. The van der Waals surface area contributed by atoms with Crippen LogP contribution in [0.1, 0.15) is 34.5 Å². The number of fused-ring (bicyclic) bond motifs is 1. The van der Waals surface area contributed by atoms with Gasteiger partial charge in [0.1, 0.15) is 6.33 Å². The normalized spacial score (nSPS) is 16.4. The molecule has 0 spiro atoms. The number of thiophene rings is 1. The van der Waals surface area contributed by atoms with Crippen LogP contribution >= 0.6 is 23.1 Å². The molecule has 2 aromatic heterocycles. The molecule has 1 aliphatic rings. The summed E-state index contributed by atoms with van der Waals surface area (Å²) in [6.45, 7) is 7.09. The minimum atomic E-state index is 0.144. The van der Waals surface area contributed by atoms with Crippen molar-refractivity contribution in [3.8, 4) is 5.69 Å². The second-order valence-electron chi connectivity index (χ2n) is 6.85. The third-order valence-corrected chi connectivity index (χ3v) is 7.13. The molecule has 0 aliphatic carbocycles. The van der Waals surface area contributed by atoms with Crippen molar-refractivity contribution < 1.29 is 4.79 Å². The van der Waals surface area contributed by atoms with Gasteiger partial charge in [-0.15, -0.1) is 21.5 Å². The fourth-order valence-electron chi connectivity index (χ4n) is 3.43. The Bertz CT molecular complexity index is 978. The van der Waals surface area contributed by atoms with Crippen LogP contribution in [0, 0.1) is 13.8 Å². The van der Waals surface area contributed by atoms with Crippen molar-refractivity contribution in [2.75, 3.05) is 12.3 Å². The number of aryl methyl sites for hydroxylation is 2. The third-order valence-electron chi connectivity index (χ3n) is 5.21. The first kappa shape index (κ1) is 18.3. The average Bonchev–Trinajstić information content (AvgIpc) is 3.32. The summed E-state index contributed by atoms with van der Waals surface area (Å²) in [4.78, 5) is 16.2. The first-order chi connectivity index (χ1) is 13.0. The van der Waals surface area contributed by atoms with E-state index in [-0.39, 0.29) is 11.9 Å². The van der Waals surface area contributed by atoms with Gasteiger partial charge in [0.05, 0.1) is 11.8 Å². The molecule has 0 fully saturated rings. The molecule has 140 valence electrons. The van der Waals surface area contributed by atoms with Gasteiger partial charge in [0.15, 0.2) is 5.16 Å². The molecule has 1 aromatic carbocycles. The quantitative estimate of drug-likeness (QED) is 0.619. The lowest BCUT2D eigenvalue weighted by Crippen LogP contribution is -2.39. The Kier molecular flexibility index (Phi) is 5.06. The lowest BCUT2D eigenvalue weighted by Gasteiger charge is -2.33. The zero-order valence-electron chi connectivity index (χ0n) is 15.7. The highest BCUT2D eigenvalue weighted by atomic mass is 32.2. The number of rotatable bonds is 4. The lowest BCUT2D eigenvalue weighted by molar-refractivity contribution is -0.130. The lowest BCUT2D eigenvalue weighted by atomic mass is 10.0. The molecule has 0 radical (unpaired) electrons. The molecular formula is C20H22N4OS2. The highest BCUT2D eigenvalue weighted by Gasteiger charge is 2.28. The van der Waals surface area contributed by atoms with Crippen LogP contribution in [-0.2, 0) is 11.2 Å². The second kappa shape index (κ2) is 7.48. The van der Waals surface area contributed by atoms with Gasteiger partial charge >= 0.3 is 0 Å². The fraction of sp³-hybridized carbons (Fsp3) is 0.350. The Morgan fingerprint density at radius 2 is 2.15 bits per heavy atom. The summed E-state index contributed by atoms with van der Waals surface area (Å²) in [5.41, 5.74) is 4.79. The van der Waals surface area contributed by atoms with E-state index >= 15 is 0 Å². The molecule has 3 heterocycles. The molecule has 1 atom stereocenters. The van der Waals surface area contributed by atoms with Crippen molar-refractivity contribution in [3.63, 3.8) is 0 Å². The Hall–Kier alpha value is -2.12. The third kappa shape index (κ3) is 3.53. The van der Waals surface area contributed by atoms with Crippen molar-refractivity contribution >= 4 is 29.0 Å². The van der Waals surface area contributed by atoms with Crippen LogP contribution in [0.5, 0.6) is 0 Å². The monoisotopic (exact) mass is 398 g/mol. The summed E-state index contributed by atoms with van der Waals surface area (Å²) in [5, 5.41) is 11.1. The van der Waals surface area contributed by atoms with E-state index in [0.29, 0.717) is 5.75 Å². The van der Waals surface area contributed by atoms with Gasteiger partial charge in [-0.2, -0.15) is 0 Å². The molecule has 4 rings (SSSR count). The molecule has 0 saturated heterocycles. The van der Waals surface area contributed by atoms with Gasteiger partial charge in [0.2, 0.25) is 5.91 Å². The van der Waals surface area contributed by atoms with E-state index in [9.17, 15) is 4.79 Å². The maximum atomic E-state index is 12.8. The predicted molar refractivity (Wildman–Crippen MR) is 110 cm³/mol. The molecule has 27 heavy (non-hydrogen) atoms. The number of carbonyl (C=O) groups excluding carboxylic acids is 1. The molecule has 1 unspecified atom stereocenters. The van der Waals surface area contributed by atoms with Gasteiger partial charge in [0.25, 0.3) is 0 Å². The minimum absolute atomic E-state index is 0.144. The maximum Gasteiger partial charge on any atom is 0.233 e.